The number of carbonyl (C=O) groups excluding carboxylic acids is 3. The van der Waals surface area contributed by atoms with Crippen LogP contribution in [-0.2, 0) is 22.7 Å². The Labute approximate surface area is 309 Å². The van der Waals surface area contributed by atoms with Gasteiger partial charge in [0, 0.05) is 58.9 Å². The molecule has 2 N–H and O–H groups in total. The van der Waals surface area contributed by atoms with Gasteiger partial charge in [0.2, 0.25) is 11.8 Å². The van der Waals surface area contributed by atoms with Gasteiger partial charge in [-0.1, -0.05) is 53.5 Å². The lowest BCUT2D eigenvalue weighted by molar-refractivity contribution is -0.122. The molecule has 0 aliphatic heterocycles. The number of nitrogens with zero attached hydrogens (tertiary/aromatic N) is 5. The minimum absolute atomic E-state index is 0.0149. The minimum Gasteiger partial charge on any atom is -0.487 e. The molecule has 0 aliphatic rings. The number of ether oxygens (including phenoxy) is 1. The maximum atomic E-state index is 13.1. The lowest BCUT2D eigenvalue weighted by Gasteiger charge is -2.21. The van der Waals surface area contributed by atoms with Crippen LogP contribution in [0.15, 0.2) is 110 Å². The first kappa shape index (κ1) is 35.8. The van der Waals surface area contributed by atoms with E-state index >= 15 is 0 Å². The highest BCUT2D eigenvalue weighted by atomic mass is 35.5. The number of para-hydroxylation sites is 1. The summed E-state index contributed by atoms with van der Waals surface area (Å²) in [6.07, 6.45) is 9.88. The van der Waals surface area contributed by atoms with E-state index < -0.39 is 11.8 Å². The van der Waals surface area contributed by atoms with Crippen molar-refractivity contribution in [3.63, 3.8) is 0 Å². The van der Waals surface area contributed by atoms with E-state index in [0.29, 0.717) is 45.2 Å². The molecule has 52 heavy (non-hydrogen) atoms. The summed E-state index contributed by atoms with van der Waals surface area (Å²) in [5.41, 5.74) is 5.22. The predicted molar refractivity (Wildman–Crippen MR) is 202 cm³/mol. The number of aryl methyl sites for hydroxylation is 1. The van der Waals surface area contributed by atoms with E-state index in [1.807, 2.05) is 60.2 Å². The lowest BCUT2D eigenvalue weighted by Crippen LogP contribution is -2.37. The van der Waals surface area contributed by atoms with Crippen LogP contribution in [0, 0.1) is 6.92 Å². The van der Waals surface area contributed by atoms with Crippen LogP contribution in [-0.4, -0.2) is 50.8 Å². The van der Waals surface area contributed by atoms with E-state index in [-0.39, 0.29) is 24.1 Å². The number of hydrogen-bond acceptors (Lipinski definition) is 7. The Kier molecular flexibility index (Phi) is 11.2. The standard InChI is InChI=1S/C39H33Cl2N7O4/c1-25-20-33(48-19-18-42-24-48)29-7-5-8-34(38(29)46-25)52-23-30-31(40)14-15-32(37(30)41)47(2)36(50)22-44-35(49)16-11-26-9-12-27(13-10-26)39(51)45-21-28-6-3-4-17-43-28/h3-20,24H,21-23H2,1-2H3,(H,44,49)(H,45,51). The van der Waals surface area contributed by atoms with E-state index in [1.54, 1.807) is 68.2 Å². The molecule has 3 amide bonds. The highest BCUT2D eigenvalue weighted by Crippen LogP contribution is 2.36. The van der Waals surface area contributed by atoms with Crippen LogP contribution in [0.1, 0.15) is 32.9 Å². The molecule has 13 heteroatoms. The molecule has 0 atom stereocenters. The van der Waals surface area contributed by atoms with Crippen LogP contribution in [0.3, 0.4) is 0 Å². The Bertz CT molecular complexity index is 2260. The van der Waals surface area contributed by atoms with Crippen LogP contribution in [0.25, 0.3) is 22.7 Å². The zero-order chi connectivity index (χ0) is 36.6. The van der Waals surface area contributed by atoms with Gasteiger partial charge in [-0.25, -0.2) is 9.97 Å². The quantitative estimate of drug-likeness (QED) is 0.133. The number of fused-ring (bicyclic) bond motifs is 1. The van der Waals surface area contributed by atoms with Gasteiger partial charge in [-0.3, -0.25) is 19.4 Å². The Hall–Kier alpha value is -6.04. The number of nitrogens with one attached hydrogen (secondary N) is 2. The number of halogens is 2. The fourth-order valence-electron chi connectivity index (χ4n) is 5.35. The van der Waals surface area contributed by atoms with E-state index in [0.717, 1.165) is 22.5 Å². The fraction of sp³-hybridized carbons (Fsp3) is 0.128. The van der Waals surface area contributed by atoms with Gasteiger partial charge in [0.05, 0.1) is 41.5 Å². The Morgan fingerprint density at radius 2 is 1.79 bits per heavy atom. The second-order valence-electron chi connectivity index (χ2n) is 11.7. The molecule has 3 heterocycles. The number of rotatable bonds is 12. The number of aromatic nitrogens is 4. The predicted octanol–water partition coefficient (Wildman–Crippen LogP) is 6.73. The third-order valence-electron chi connectivity index (χ3n) is 8.13. The van der Waals surface area contributed by atoms with Crippen molar-refractivity contribution >= 4 is 63.6 Å². The number of anilines is 1. The van der Waals surface area contributed by atoms with Gasteiger partial charge in [-0.05, 0) is 67.1 Å². The summed E-state index contributed by atoms with van der Waals surface area (Å²) in [6.45, 7) is 1.96. The molecule has 0 fully saturated rings. The number of likely N-dealkylation sites (N-methyl/N-ethyl adjacent to an activating group) is 1. The van der Waals surface area contributed by atoms with Crippen molar-refractivity contribution in [3.8, 4) is 11.4 Å². The molecule has 0 unspecified atom stereocenters. The van der Waals surface area contributed by atoms with E-state index in [2.05, 4.69) is 20.6 Å². The summed E-state index contributed by atoms with van der Waals surface area (Å²) in [7, 11) is 1.56. The average molecular weight is 735 g/mol. The summed E-state index contributed by atoms with van der Waals surface area (Å²) >= 11 is 13.4. The van der Waals surface area contributed by atoms with E-state index in [1.165, 1.54) is 11.0 Å². The van der Waals surface area contributed by atoms with Gasteiger partial charge in [0.1, 0.15) is 17.9 Å². The zero-order valence-corrected chi connectivity index (χ0v) is 29.7. The number of amides is 3. The molecule has 0 aliphatic carbocycles. The average Bonchev–Trinajstić information content (AvgIpc) is 3.70. The molecule has 3 aromatic carbocycles. The topological polar surface area (TPSA) is 131 Å². The number of carbonyl (C=O) groups is 3. The monoisotopic (exact) mass is 733 g/mol. The maximum absolute atomic E-state index is 13.1. The Morgan fingerprint density at radius 3 is 2.54 bits per heavy atom. The van der Waals surface area contributed by atoms with Gasteiger partial charge in [0.25, 0.3) is 5.91 Å². The van der Waals surface area contributed by atoms with Gasteiger partial charge >= 0.3 is 0 Å². The van der Waals surface area contributed by atoms with Crippen LogP contribution >= 0.6 is 23.2 Å². The molecule has 0 radical (unpaired) electrons. The number of hydrogen-bond donors (Lipinski definition) is 2. The van der Waals surface area contributed by atoms with Crippen molar-refractivity contribution in [3.05, 3.63) is 148 Å². The zero-order valence-electron chi connectivity index (χ0n) is 28.2. The Balaban J connectivity index is 1.05. The van der Waals surface area contributed by atoms with E-state index in [4.69, 9.17) is 32.9 Å². The molecular weight excluding hydrogens is 701 g/mol. The molecule has 6 aromatic rings. The summed E-state index contributed by atoms with van der Waals surface area (Å²) < 4.78 is 8.15. The molecular formula is C39H33Cl2N7O4. The lowest BCUT2D eigenvalue weighted by atomic mass is 10.1. The summed E-state index contributed by atoms with van der Waals surface area (Å²) in [5.74, 6) is -0.567. The molecule has 0 bridgehead atoms. The minimum atomic E-state index is -0.467. The van der Waals surface area contributed by atoms with Crippen molar-refractivity contribution in [1.82, 2.24) is 30.2 Å². The van der Waals surface area contributed by atoms with Gasteiger partial charge in [-0.15, -0.1) is 0 Å². The van der Waals surface area contributed by atoms with Crippen molar-refractivity contribution in [2.24, 2.45) is 0 Å². The van der Waals surface area contributed by atoms with E-state index in [9.17, 15) is 14.4 Å². The first-order valence-electron chi connectivity index (χ1n) is 16.2. The molecule has 6 rings (SSSR count). The third-order valence-corrected chi connectivity index (χ3v) is 8.91. The maximum Gasteiger partial charge on any atom is 0.251 e. The number of pyridine rings is 2. The van der Waals surface area contributed by atoms with Crippen molar-refractivity contribution in [1.29, 1.82) is 0 Å². The van der Waals surface area contributed by atoms with Crippen LogP contribution in [0.5, 0.6) is 5.75 Å². The first-order chi connectivity index (χ1) is 25.2. The third kappa shape index (κ3) is 8.45. The van der Waals surface area contributed by atoms with Gasteiger partial charge in [0.15, 0.2) is 0 Å². The molecule has 0 spiro atoms. The first-order valence-corrected chi connectivity index (χ1v) is 16.9. The number of benzene rings is 3. The highest BCUT2D eigenvalue weighted by Gasteiger charge is 2.20. The second kappa shape index (κ2) is 16.3. The summed E-state index contributed by atoms with van der Waals surface area (Å²) in [5, 5.41) is 6.92. The largest absolute Gasteiger partial charge is 0.487 e. The van der Waals surface area contributed by atoms with Crippen molar-refractivity contribution in [2.75, 3.05) is 18.5 Å². The molecule has 0 saturated carbocycles. The second-order valence-corrected chi connectivity index (χ2v) is 12.5. The van der Waals surface area contributed by atoms with Gasteiger partial charge in [-0.2, -0.15) is 0 Å². The summed E-state index contributed by atoms with van der Waals surface area (Å²) in [6, 6.07) is 23.2. The van der Waals surface area contributed by atoms with Crippen molar-refractivity contribution < 1.29 is 19.1 Å². The molecule has 3 aromatic heterocycles. The fourth-order valence-corrected chi connectivity index (χ4v) is 5.96. The SMILES string of the molecule is Cc1cc(-n2ccnc2)c2cccc(OCc3c(Cl)ccc(N(C)C(=O)CNC(=O)C=Cc4ccc(C(=O)NCc5ccccn5)cc4)c3Cl)c2n1. The van der Waals surface area contributed by atoms with Crippen molar-refractivity contribution in [2.45, 2.75) is 20.1 Å². The molecule has 262 valence electrons. The van der Waals surface area contributed by atoms with Crippen LogP contribution < -0.4 is 20.3 Å². The van der Waals surface area contributed by atoms with Gasteiger partial charge < -0.3 is 24.8 Å². The highest BCUT2D eigenvalue weighted by molar-refractivity contribution is 6.38. The smallest absolute Gasteiger partial charge is 0.251 e. The summed E-state index contributed by atoms with van der Waals surface area (Å²) in [4.78, 5) is 52.6. The molecule has 0 saturated heterocycles. The van der Waals surface area contributed by atoms with Crippen LogP contribution in [0.2, 0.25) is 10.0 Å². The van der Waals surface area contributed by atoms with Crippen LogP contribution in [0.4, 0.5) is 5.69 Å². The normalized spacial score (nSPS) is 11.1. The molecule has 11 nitrogen and oxygen atoms in total. The Morgan fingerprint density at radius 1 is 0.962 bits per heavy atom. The number of imidazole rings is 1.